The van der Waals surface area contributed by atoms with Crippen LogP contribution in [0.5, 0.6) is 11.5 Å². The lowest BCUT2D eigenvalue weighted by atomic mass is 10.1. The number of hydrazine groups is 1. The summed E-state index contributed by atoms with van der Waals surface area (Å²) in [7, 11) is 0. The van der Waals surface area contributed by atoms with Gasteiger partial charge in [-0.05, 0) is 52.2 Å². The van der Waals surface area contributed by atoms with Crippen molar-refractivity contribution in [2.45, 2.75) is 12.8 Å². The molecule has 0 unspecified atom stereocenters. The summed E-state index contributed by atoms with van der Waals surface area (Å²) in [5.41, 5.74) is 6.24. The van der Waals surface area contributed by atoms with Gasteiger partial charge in [0.15, 0.2) is 11.5 Å². The summed E-state index contributed by atoms with van der Waals surface area (Å²) in [6, 6.07) is 12.6. The Morgan fingerprint density at radius 2 is 1.83 bits per heavy atom. The zero-order valence-electron chi connectivity index (χ0n) is 12.7. The fourth-order valence-electron chi connectivity index (χ4n) is 2.26. The predicted molar refractivity (Wildman–Crippen MR) is 90.6 cm³/mol. The third-order valence-corrected chi connectivity index (χ3v) is 4.20. The van der Waals surface area contributed by atoms with Gasteiger partial charge in [0.25, 0.3) is 5.91 Å². The summed E-state index contributed by atoms with van der Waals surface area (Å²) >= 11 is 3.29. The van der Waals surface area contributed by atoms with Gasteiger partial charge in [0.05, 0.1) is 5.56 Å². The van der Waals surface area contributed by atoms with E-state index in [2.05, 4.69) is 26.8 Å². The molecule has 0 aromatic heterocycles. The summed E-state index contributed by atoms with van der Waals surface area (Å²) in [6.45, 7) is 0.223. The van der Waals surface area contributed by atoms with Gasteiger partial charge in [-0.3, -0.25) is 20.4 Å². The number of ether oxygens (including phenoxy) is 2. The average Bonchev–Trinajstić information content (AvgIpc) is 3.06. The molecule has 0 aliphatic carbocycles. The summed E-state index contributed by atoms with van der Waals surface area (Å²) in [5.74, 6) is 0.756. The van der Waals surface area contributed by atoms with Crippen molar-refractivity contribution in [2.24, 2.45) is 0 Å². The molecule has 1 heterocycles. The van der Waals surface area contributed by atoms with Gasteiger partial charge in [-0.1, -0.05) is 18.2 Å². The van der Waals surface area contributed by atoms with E-state index in [4.69, 9.17) is 9.47 Å². The summed E-state index contributed by atoms with van der Waals surface area (Å²) in [6.07, 6.45) is 0.781. The number of hydrogen-bond donors (Lipinski definition) is 2. The lowest BCUT2D eigenvalue weighted by molar-refractivity contribution is -0.121. The van der Waals surface area contributed by atoms with Crippen LogP contribution in [-0.4, -0.2) is 18.6 Å². The van der Waals surface area contributed by atoms with Crippen molar-refractivity contribution in [3.05, 3.63) is 58.1 Å². The number of rotatable bonds is 4. The zero-order chi connectivity index (χ0) is 16.9. The smallest absolute Gasteiger partial charge is 0.270 e. The molecule has 0 fully saturated rings. The molecule has 1 aliphatic rings. The SMILES string of the molecule is O=C(CCc1ccc2c(c1)OCO2)NNC(=O)c1ccccc1Br. The van der Waals surface area contributed by atoms with Crippen LogP contribution < -0.4 is 20.3 Å². The van der Waals surface area contributed by atoms with Crippen molar-refractivity contribution in [2.75, 3.05) is 6.79 Å². The highest BCUT2D eigenvalue weighted by Crippen LogP contribution is 2.32. The first-order valence-corrected chi connectivity index (χ1v) is 8.15. The quantitative estimate of drug-likeness (QED) is 0.786. The largest absolute Gasteiger partial charge is 0.454 e. The molecule has 2 aromatic carbocycles. The molecule has 2 aromatic rings. The summed E-state index contributed by atoms with van der Waals surface area (Å²) in [5, 5.41) is 0. The molecule has 7 heteroatoms. The minimum atomic E-state index is -0.376. The van der Waals surface area contributed by atoms with E-state index in [1.165, 1.54) is 0 Å². The van der Waals surface area contributed by atoms with Crippen molar-refractivity contribution in [3.63, 3.8) is 0 Å². The van der Waals surface area contributed by atoms with Crippen LogP contribution in [0, 0.1) is 0 Å². The molecule has 24 heavy (non-hydrogen) atoms. The third kappa shape index (κ3) is 3.86. The van der Waals surface area contributed by atoms with Gasteiger partial charge in [0, 0.05) is 10.9 Å². The van der Waals surface area contributed by atoms with Gasteiger partial charge < -0.3 is 9.47 Å². The maximum Gasteiger partial charge on any atom is 0.270 e. The van der Waals surface area contributed by atoms with Gasteiger partial charge >= 0.3 is 0 Å². The Kier molecular flexibility index (Phi) is 5.00. The van der Waals surface area contributed by atoms with Crippen LogP contribution in [0.25, 0.3) is 0 Å². The highest BCUT2D eigenvalue weighted by molar-refractivity contribution is 9.10. The average molecular weight is 391 g/mol. The molecule has 6 nitrogen and oxygen atoms in total. The maximum absolute atomic E-state index is 12.0. The molecule has 2 amide bonds. The Bertz CT molecular complexity index is 779. The molecule has 124 valence electrons. The van der Waals surface area contributed by atoms with E-state index in [1.807, 2.05) is 24.3 Å². The molecular formula is C17H15BrN2O4. The second-order valence-corrected chi connectivity index (χ2v) is 6.02. The first-order valence-electron chi connectivity index (χ1n) is 7.36. The molecule has 0 saturated carbocycles. The number of benzene rings is 2. The van der Waals surface area contributed by atoms with E-state index < -0.39 is 0 Å². The second-order valence-electron chi connectivity index (χ2n) is 5.17. The molecule has 3 rings (SSSR count). The topological polar surface area (TPSA) is 76.7 Å². The molecule has 1 aliphatic heterocycles. The van der Waals surface area contributed by atoms with Crippen LogP contribution in [0.15, 0.2) is 46.9 Å². The predicted octanol–water partition coefficient (Wildman–Crippen LogP) is 2.57. The van der Waals surface area contributed by atoms with Crippen LogP contribution in [0.1, 0.15) is 22.3 Å². The van der Waals surface area contributed by atoms with Crippen LogP contribution in [0.2, 0.25) is 0 Å². The van der Waals surface area contributed by atoms with Crippen molar-refractivity contribution in [1.82, 2.24) is 10.9 Å². The van der Waals surface area contributed by atoms with Crippen LogP contribution >= 0.6 is 15.9 Å². The second kappa shape index (κ2) is 7.35. The fourth-order valence-corrected chi connectivity index (χ4v) is 2.72. The number of hydrogen-bond acceptors (Lipinski definition) is 4. The van der Waals surface area contributed by atoms with Crippen molar-refractivity contribution >= 4 is 27.7 Å². The number of carbonyl (C=O) groups excluding carboxylic acids is 2. The van der Waals surface area contributed by atoms with E-state index in [0.717, 1.165) is 5.56 Å². The molecule has 0 spiro atoms. The molecule has 0 atom stereocenters. The first-order chi connectivity index (χ1) is 11.6. The van der Waals surface area contributed by atoms with E-state index >= 15 is 0 Å². The van der Waals surface area contributed by atoms with Gasteiger partial charge in [-0.25, -0.2) is 0 Å². The van der Waals surface area contributed by atoms with Gasteiger partial charge in [0.2, 0.25) is 12.7 Å². The molecule has 0 radical (unpaired) electrons. The Hall–Kier alpha value is -2.54. The normalized spacial score (nSPS) is 11.9. The van der Waals surface area contributed by atoms with E-state index in [1.54, 1.807) is 18.2 Å². The Morgan fingerprint density at radius 1 is 1.04 bits per heavy atom. The van der Waals surface area contributed by atoms with Gasteiger partial charge in [-0.2, -0.15) is 0 Å². The molecule has 0 saturated heterocycles. The Balaban J connectivity index is 1.48. The number of nitrogens with one attached hydrogen (secondary N) is 2. The van der Waals surface area contributed by atoms with E-state index in [-0.39, 0.29) is 25.0 Å². The minimum Gasteiger partial charge on any atom is -0.454 e. The zero-order valence-corrected chi connectivity index (χ0v) is 14.3. The van der Waals surface area contributed by atoms with E-state index in [0.29, 0.717) is 28.0 Å². The summed E-state index contributed by atoms with van der Waals surface area (Å²) < 4.78 is 11.2. The van der Waals surface area contributed by atoms with Crippen molar-refractivity contribution < 1.29 is 19.1 Å². The van der Waals surface area contributed by atoms with Crippen molar-refractivity contribution in [1.29, 1.82) is 0 Å². The molecular weight excluding hydrogens is 376 g/mol. The van der Waals surface area contributed by atoms with E-state index in [9.17, 15) is 9.59 Å². The number of amides is 2. The van der Waals surface area contributed by atoms with Gasteiger partial charge in [0.1, 0.15) is 0 Å². The standard InChI is InChI=1S/C17H15BrN2O4/c18-13-4-2-1-3-12(13)17(22)20-19-16(21)8-6-11-5-7-14-15(9-11)24-10-23-14/h1-5,7,9H,6,8,10H2,(H,19,21)(H,20,22). The first kappa shape index (κ1) is 16.3. The van der Waals surface area contributed by atoms with Crippen LogP contribution in [0.4, 0.5) is 0 Å². The molecule has 0 bridgehead atoms. The minimum absolute atomic E-state index is 0.223. The van der Waals surface area contributed by atoms with Crippen molar-refractivity contribution in [3.8, 4) is 11.5 Å². The highest BCUT2D eigenvalue weighted by atomic mass is 79.9. The van der Waals surface area contributed by atoms with Crippen LogP contribution in [-0.2, 0) is 11.2 Å². The highest BCUT2D eigenvalue weighted by Gasteiger charge is 2.14. The lowest BCUT2D eigenvalue weighted by Crippen LogP contribution is -2.41. The Labute approximate surface area is 147 Å². The monoisotopic (exact) mass is 390 g/mol. The number of fused-ring (bicyclic) bond motifs is 1. The fraction of sp³-hybridized carbons (Fsp3) is 0.176. The molecule has 2 N–H and O–H groups in total. The summed E-state index contributed by atoms with van der Waals surface area (Å²) in [4.78, 5) is 23.9. The number of aryl methyl sites for hydroxylation is 1. The maximum atomic E-state index is 12.0. The number of halogens is 1. The Morgan fingerprint density at radius 3 is 2.67 bits per heavy atom. The number of carbonyl (C=O) groups is 2. The van der Waals surface area contributed by atoms with Crippen LogP contribution in [0.3, 0.4) is 0 Å². The third-order valence-electron chi connectivity index (χ3n) is 3.51. The lowest BCUT2D eigenvalue weighted by Gasteiger charge is -2.08. The van der Waals surface area contributed by atoms with Gasteiger partial charge in [-0.15, -0.1) is 0 Å².